The number of halogens is 1. The van der Waals surface area contributed by atoms with Crippen molar-refractivity contribution in [3.8, 4) is 0 Å². The molecular weight excluding hydrogens is 435 g/mol. The molecule has 0 radical (unpaired) electrons. The zero-order chi connectivity index (χ0) is 22.0. The number of amides is 1. The molecule has 1 amide bonds. The first kappa shape index (κ1) is 21.4. The minimum absolute atomic E-state index is 0.0943. The molecule has 1 heterocycles. The summed E-state index contributed by atoms with van der Waals surface area (Å²) in [7, 11) is -2.26. The molecule has 4 rings (SSSR count). The van der Waals surface area contributed by atoms with Crippen LogP contribution in [0.25, 0.3) is 0 Å². The van der Waals surface area contributed by atoms with Gasteiger partial charge in [-0.1, -0.05) is 18.2 Å². The first-order valence-corrected chi connectivity index (χ1v) is 12.2. The van der Waals surface area contributed by atoms with Gasteiger partial charge in [0.15, 0.2) is 0 Å². The van der Waals surface area contributed by atoms with E-state index in [-0.39, 0.29) is 22.7 Å². The number of rotatable bonds is 5. The van der Waals surface area contributed by atoms with Gasteiger partial charge in [0.2, 0.25) is 0 Å². The number of hydrogen-bond donors (Lipinski definition) is 1. The fraction of sp³-hybridized carbons (Fsp3) is 0.174. The number of hydrogen-bond acceptors (Lipinski definition) is 4. The number of fused-ring (bicyclic) bond motifs is 1. The minimum atomic E-state index is -3.75. The van der Waals surface area contributed by atoms with Crippen molar-refractivity contribution in [1.82, 2.24) is 5.32 Å². The molecule has 1 aliphatic heterocycles. The number of sulfonamides is 1. The van der Waals surface area contributed by atoms with Crippen LogP contribution in [0, 0.1) is 5.82 Å². The van der Waals surface area contributed by atoms with Crippen molar-refractivity contribution < 1.29 is 17.6 Å². The van der Waals surface area contributed by atoms with Gasteiger partial charge in [-0.3, -0.25) is 9.10 Å². The van der Waals surface area contributed by atoms with Gasteiger partial charge in [0.05, 0.1) is 16.6 Å². The van der Waals surface area contributed by atoms with E-state index in [4.69, 9.17) is 0 Å². The number of para-hydroxylation sites is 1. The molecule has 0 fully saturated rings. The molecule has 0 spiro atoms. The third-order valence-corrected chi connectivity index (χ3v) is 8.13. The van der Waals surface area contributed by atoms with Crippen molar-refractivity contribution in [2.45, 2.75) is 22.3 Å². The summed E-state index contributed by atoms with van der Waals surface area (Å²) in [6, 6.07) is 18.9. The lowest BCUT2D eigenvalue weighted by atomic mass is 10.0. The van der Waals surface area contributed by atoms with E-state index in [0.29, 0.717) is 17.7 Å². The van der Waals surface area contributed by atoms with Crippen LogP contribution in [0.4, 0.5) is 10.1 Å². The molecule has 8 heteroatoms. The summed E-state index contributed by atoms with van der Waals surface area (Å²) in [4.78, 5) is 13.8. The van der Waals surface area contributed by atoms with Crippen molar-refractivity contribution in [2.75, 3.05) is 17.1 Å². The molecule has 3 aromatic carbocycles. The number of benzene rings is 3. The Morgan fingerprint density at radius 1 is 1.06 bits per heavy atom. The summed E-state index contributed by atoms with van der Waals surface area (Å²) in [6.45, 7) is 0. The third kappa shape index (κ3) is 4.45. The lowest BCUT2D eigenvalue weighted by Crippen LogP contribution is -2.31. The van der Waals surface area contributed by atoms with Crippen LogP contribution in [0.15, 0.2) is 82.6 Å². The van der Waals surface area contributed by atoms with Gasteiger partial charge in [0.25, 0.3) is 15.9 Å². The molecule has 5 nitrogen and oxygen atoms in total. The second kappa shape index (κ2) is 8.72. The first-order chi connectivity index (χ1) is 14.9. The molecule has 3 aromatic rings. The normalized spacial score (nSPS) is 15.7. The van der Waals surface area contributed by atoms with Crippen LogP contribution in [-0.2, 0) is 10.0 Å². The second-order valence-corrected chi connectivity index (χ2v) is 10.3. The number of thioether (sulfide) groups is 1. The Morgan fingerprint density at radius 2 is 1.77 bits per heavy atom. The van der Waals surface area contributed by atoms with E-state index in [1.165, 1.54) is 47.8 Å². The summed E-state index contributed by atoms with van der Waals surface area (Å²) in [5, 5.41) is 2.95. The average Bonchev–Trinajstić information content (AvgIpc) is 2.79. The summed E-state index contributed by atoms with van der Waals surface area (Å²) < 4.78 is 40.7. The molecule has 1 atom stereocenters. The maximum Gasteiger partial charge on any atom is 0.264 e. The Balaban J connectivity index is 1.51. The molecule has 160 valence electrons. The Kier molecular flexibility index (Phi) is 6.02. The van der Waals surface area contributed by atoms with Crippen molar-refractivity contribution in [1.29, 1.82) is 0 Å². The highest BCUT2D eigenvalue weighted by Gasteiger charge is 2.25. The quantitative estimate of drug-likeness (QED) is 0.609. The summed E-state index contributed by atoms with van der Waals surface area (Å²) in [5.41, 5.74) is 1.66. The molecule has 31 heavy (non-hydrogen) atoms. The van der Waals surface area contributed by atoms with Crippen molar-refractivity contribution in [3.05, 3.63) is 89.7 Å². The van der Waals surface area contributed by atoms with Crippen LogP contribution in [-0.4, -0.2) is 27.1 Å². The van der Waals surface area contributed by atoms with Crippen molar-refractivity contribution >= 4 is 33.4 Å². The molecular formula is C23H21FN2O3S2. The van der Waals surface area contributed by atoms with Gasteiger partial charge >= 0.3 is 0 Å². The zero-order valence-electron chi connectivity index (χ0n) is 16.8. The minimum Gasteiger partial charge on any atom is -0.345 e. The van der Waals surface area contributed by atoms with E-state index in [1.54, 1.807) is 42.1 Å². The Labute approximate surface area is 185 Å². The predicted octanol–water partition coefficient (Wildman–Crippen LogP) is 4.62. The largest absolute Gasteiger partial charge is 0.345 e. The number of nitrogens with zero attached hydrogens (tertiary/aromatic N) is 1. The van der Waals surface area contributed by atoms with Gasteiger partial charge in [-0.25, -0.2) is 12.8 Å². The summed E-state index contributed by atoms with van der Waals surface area (Å²) in [6.07, 6.45) is 0.696. The van der Waals surface area contributed by atoms with Gasteiger partial charge in [-0.05, 0) is 66.6 Å². The predicted molar refractivity (Wildman–Crippen MR) is 120 cm³/mol. The molecule has 1 N–H and O–H groups in total. The van der Waals surface area contributed by atoms with E-state index in [9.17, 15) is 17.6 Å². The fourth-order valence-electron chi connectivity index (χ4n) is 3.47. The van der Waals surface area contributed by atoms with E-state index < -0.39 is 10.0 Å². The maximum atomic E-state index is 13.7. The second-order valence-electron chi connectivity index (χ2n) is 7.18. The van der Waals surface area contributed by atoms with Gasteiger partial charge in [-0.15, -0.1) is 11.8 Å². The summed E-state index contributed by atoms with van der Waals surface area (Å²) >= 11 is 1.64. The molecule has 0 aliphatic carbocycles. The Morgan fingerprint density at radius 3 is 2.48 bits per heavy atom. The van der Waals surface area contributed by atoms with E-state index in [0.717, 1.165) is 16.2 Å². The van der Waals surface area contributed by atoms with E-state index in [1.807, 2.05) is 6.07 Å². The van der Waals surface area contributed by atoms with Crippen molar-refractivity contribution in [3.63, 3.8) is 0 Å². The van der Waals surface area contributed by atoms with Crippen LogP contribution in [0.3, 0.4) is 0 Å². The van der Waals surface area contributed by atoms with Crippen LogP contribution < -0.4 is 9.62 Å². The monoisotopic (exact) mass is 456 g/mol. The Hall–Kier alpha value is -2.84. The smallest absolute Gasteiger partial charge is 0.264 e. The number of carbonyl (C=O) groups is 1. The van der Waals surface area contributed by atoms with Crippen molar-refractivity contribution in [2.24, 2.45) is 0 Å². The maximum absolute atomic E-state index is 13.7. The summed E-state index contributed by atoms with van der Waals surface area (Å²) in [5.74, 6) is 0.164. The van der Waals surface area contributed by atoms with Crippen LogP contribution in [0.5, 0.6) is 0 Å². The third-order valence-electron chi connectivity index (χ3n) is 5.21. The van der Waals surface area contributed by atoms with Gasteiger partial charge in [0.1, 0.15) is 5.82 Å². The van der Waals surface area contributed by atoms with E-state index in [2.05, 4.69) is 5.32 Å². The average molecular weight is 457 g/mol. The van der Waals surface area contributed by atoms with Gasteiger partial charge in [0, 0.05) is 23.3 Å². The lowest BCUT2D eigenvalue weighted by Gasteiger charge is -2.26. The number of nitrogens with one attached hydrogen (secondary N) is 1. The number of carbonyl (C=O) groups excluding carboxylic acids is 1. The number of anilines is 1. The topological polar surface area (TPSA) is 66.5 Å². The van der Waals surface area contributed by atoms with Gasteiger partial charge < -0.3 is 5.32 Å². The molecule has 1 unspecified atom stereocenters. The fourth-order valence-corrected chi connectivity index (χ4v) is 5.77. The first-order valence-electron chi connectivity index (χ1n) is 9.73. The molecule has 0 saturated carbocycles. The molecule has 1 aliphatic rings. The SMILES string of the molecule is CN(c1ccccc1)S(=O)(=O)c1ccc(C(=O)NC2CCSc3ccc(F)cc32)cc1. The highest BCUT2D eigenvalue weighted by molar-refractivity contribution is 7.99. The Bertz CT molecular complexity index is 1200. The highest BCUT2D eigenvalue weighted by atomic mass is 32.2. The van der Waals surface area contributed by atoms with Crippen LogP contribution >= 0.6 is 11.8 Å². The molecule has 0 saturated heterocycles. The standard InChI is InChI=1S/C23H21FN2O3S2/c1-26(18-5-3-2-4-6-18)31(28,29)19-10-7-16(8-11-19)23(27)25-21-13-14-30-22-12-9-17(24)15-20(21)22/h2-12,15,21H,13-14H2,1H3,(H,25,27). The molecule has 0 aromatic heterocycles. The lowest BCUT2D eigenvalue weighted by molar-refractivity contribution is 0.0934. The molecule has 0 bridgehead atoms. The van der Waals surface area contributed by atoms with Gasteiger partial charge in [-0.2, -0.15) is 0 Å². The highest BCUT2D eigenvalue weighted by Crippen LogP contribution is 2.36. The van der Waals surface area contributed by atoms with E-state index >= 15 is 0 Å². The zero-order valence-corrected chi connectivity index (χ0v) is 18.4. The van der Waals surface area contributed by atoms with Crippen LogP contribution in [0.1, 0.15) is 28.4 Å². The van der Waals surface area contributed by atoms with Crippen LogP contribution in [0.2, 0.25) is 0 Å².